The van der Waals surface area contributed by atoms with E-state index in [9.17, 15) is 10.1 Å². The van der Waals surface area contributed by atoms with Crippen LogP contribution in [0.5, 0.6) is 17.2 Å². The van der Waals surface area contributed by atoms with Gasteiger partial charge in [0, 0.05) is 38.2 Å². The number of hydrogen-bond donors (Lipinski definition) is 1. The minimum atomic E-state index is -0.627. The fraction of sp³-hybridized carbons (Fsp3) is 0.143. The number of allylic oxidation sites excluding steroid dienone is 1. The van der Waals surface area contributed by atoms with Gasteiger partial charge < -0.3 is 24.4 Å². The lowest BCUT2D eigenvalue weighted by atomic mass is 9.83. The van der Waals surface area contributed by atoms with Crippen LogP contribution in [0.15, 0.2) is 88.7 Å². The van der Waals surface area contributed by atoms with E-state index in [0.29, 0.717) is 38.3 Å². The monoisotopic (exact) mass is 624 g/mol. The molecule has 0 aliphatic carbocycles. The minimum absolute atomic E-state index is 0.0231. The summed E-state index contributed by atoms with van der Waals surface area (Å²) in [7, 11) is 0. The molecule has 220 valence electrons. The molecule has 2 heterocycles. The standard InChI is InChI=1S/C35H26Cl2N2O5/c1-18-12-27-20(3)33(43-30(27)13-19(18)2)35(40)42-25-10-11-26-31(15-25)44-34(39)28(16-38)32(26)21-5-8-24(9-6-21)41-17-22-4-7-23(36)14-29(22)37/h4-15,32H,17,39H2,1-3H3. The second-order valence-corrected chi connectivity index (χ2v) is 11.4. The van der Waals surface area contributed by atoms with Gasteiger partial charge in [-0.25, -0.2) is 4.79 Å². The van der Waals surface area contributed by atoms with Gasteiger partial charge in [0.2, 0.25) is 11.6 Å². The smallest absolute Gasteiger partial charge is 0.379 e. The maximum Gasteiger partial charge on any atom is 0.379 e. The van der Waals surface area contributed by atoms with Gasteiger partial charge in [0.25, 0.3) is 0 Å². The number of ether oxygens (including phenoxy) is 3. The topological polar surface area (TPSA) is 108 Å². The lowest BCUT2D eigenvalue weighted by Gasteiger charge is -2.26. The second-order valence-electron chi connectivity index (χ2n) is 10.6. The third kappa shape index (κ3) is 5.46. The number of benzene rings is 4. The number of hydrogen-bond acceptors (Lipinski definition) is 7. The van der Waals surface area contributed by atoms with E-state index in [2.05, 4.69) is 6.07 Å². The minimum Gasteiger partial charge on any atom is -0.489 e. The van der Waals surface area contributed by atoms with Crippen molar-refractivity contribution in [3.63, 3.8) is 0 Å². The van der Waals surface area contributed by atoms with Crippen molar-refractivity contribution < 1.29 is 23.4 Å². The zero-order chi connectivity index (χ0) is 31.1. The largest absolute Gasteiger partial charge is 0.489 e. The fourth-order valence-electron chi connectivity index (χ4n) is 5.22. The Morgan fingerprint density at radius 3 is 2.41 bits per heavy atom. The highest BCUT2D eigenvalue weighted by Gasteiger charge is 2.31. The molecule has 1 unspecified atom stereocenters. The predicted octanol–water partition coefficient (Wildman–Crippen LogP) is 8.68. The van der Waals surface area contributed by atoms with Crippen LogP contribution < -0.4 is 19.9 Å². The van der Waals surface area contributed by atoms with Crippen molar-refractivity contribution in [2.75, 3.05) is 0 Å². The summed E-state index contributed by atoms with van der Waals surface area (Å²) >= 11 is 12.2. The Labute approximate surface area is 264 Å². The Morgan fingerprint density at radius 2 is 1.68 bits per heavy atom. The summed E-state index contributed by atoms with van der Waals surface area (Å²) in [5.74, 6) is 0.226. The Hall–Kier alpha value is -4.90. The Morgan fingerprint density at radius 1 is 0.955 bits per heavy atom. The molecular weight excluding hydrogens is 599 g/mol. The first-order valence-electron chi connectivity index (χ1n) is 13.7. The molecule has 4 aromatic carbocycles. The fourth-order valence-corrected chi connectivity index (χ4v) is 5.69. The molecule has 0 amide bonds. The van der Waals surface area contributed by atoms with Crippen LogP contribution in [0.3, 0.4) is 0 Å². The molecule has 7 nitrogen and oxygen atoms in total. The van der Waals surface area contributed by atoms with Gasteiger partial charge in [-0.15, -0.1) is 0 Å². The van der Waals surface area contributed by atoms with E-state index >= 15 is 0 Å². The first-order valence-corrected chi connectivity index (χ1v) is 14.5. The lowest BCUT2D eigenvalue weighted by Crippen LogP contribution is -2.21. The van der Waals surface area contributed by atoms with E-state index in [-0.39, 0.29) is 29.6 Å². The van der Waals surface area contributed by atoms with Gasteiger partial charge in [0.1, 0.15) is 41.1 Å². The molecule has 9 heteroatoms. The number of halogens is 2. The van der Waals surface area contributed by atoms with Gasteiger partial charge in [-0.3, -0.25) is 0 Å². The summed E-state index contributed by atoms with van der Waals surface area (Å²) in [4.78, 5) is 13.1. The molecule has 1 aromatic heterocycles. The maximum atomic E-state index is 13.1. The van der Waals surface area contributed by atoms with Crippen LogP contribution in [0.2, 0.25) is 10.0 Å². The van der Waals surface area contributed by atoms with Crippen molar-refractivity contribution in [2.24, 2.45) is 5.73 Å². The van der Waals surface area contributed by atoms with Crippen LogP contribution in [0.25, 0.3) is 11.0 Å². The summed E-state index contributed by atoms with van der Waals surface area (Å²) in [6, 6.07) is 23.7. The van der Waals surface area contributed by atoms with Crippen LogP contribution in [0.1, 0.15) is 49.9 Å². The van der Waals surface area contributed by atoms with Crippen molar-refractivity contribution in [1.82, 2.24) is 0 Å². The van der Waals surface area contributed by atoms with E-state index in [1.165, 1.54) is 0 Å². The van der Waals surface area contributed by atoms with E-state index < -0.39 is 11.9 Å². The number of aryl methyl sites for hydroxylation is 3. The predicted molar refractivity (Wildman–Crippen MR) is 168 cm³/mol. The van der Waals surface area contributed by atoms with Crippen molar-refractivity contribution in [3.05, 3.63) is 133 Å². The number of nitrogens with two attached hydrogens (primary N) is 1. The van der Waals surface area contributed by atoms with Crippen LogP contribution in [0, 0.1) is 32.1 Å². The molecule has 1 aliphatic heterocycles. The molecule has 0 spiro atoms. The van der Waals surface area contributed by atoms with Gasteiger partial charge in [-0.05, 0) is 79.9 Å². The summed E-state index contributed by atoms with van der Waals surface area (Å²) in [5, 5.41) is 11.9. The van der Waals surface area contributed by atoms with Gasteiger partial charge in [0.05, 0.1) is 5.92 Å². The molecule has 1 aliphatic rings. The van der Waals surface area contributed by atoms with Gasteiger partial charge in [-0.1, -0.05) is 47.5 Å². The van der Waals surface area contributed by atoms with Crippen LogP contribution in [0.4, 0.5) is 0 Å². The normalized spacial score (nSPS) is 14.1. The number of carbonyl (C=O) groups excluding carboxylic acids is 1. The van der Waals surface area contributed by atoms with Crippen LogP contribution >= 0.6 is 23.2 Å². The molecule has 6 rings (SSSR count). The lowest BCUT2D eigenvalue weighted by molar-refractivity contribution is 0.0702. The molecule has 44 heavy (non-hydrogen) atoms. The third-order valence-corrected chi connectivity index (χ3v) is 8.35. The number of nitriles is 1. The highest BCUT2D eigenvalue weighted by molar-refractivity contribution is 6.35. The molecule has 0 saturated heterocycles. The highest BCUT2D eigenvalue weighted by atomic mass is 35.5. The zero-order valence-electron chi connectivity index (χ0n) is 24.0. The van der Waals surface area contributed by atoms with Crippen molar-refractivity contribution in [2.45, 2.75) is 33.3 Å². The average molecular weight is 626 g/mol. The number of nitrogens with zero attached hydrogens (tertiary/aromatic N) is 1. The first-order chi connectivity index (χ1) is 21.1. The summed E-state index contributed by atoms with van der Waals surface area (Å²) in [5.41, 5.74) is 12.3. The van der Waals surface area contributed by atoms with E-state index in [1.807, 2.05) is 63.2 Å². The summed E-state index contributed by atoms with van der Waals surface area (Å²) in [6.45, 7) is 6.10. The van der Waals surface area contributed by atoms with E-state index in [1.54, 1.807) is 30.3 Å². The maximum absolute atomic E-state index is 13.1. The molecule has 2 N–H and O–H groups in total. The third-order valence-electron chi connectivity index (χ3n) is 7.76. The number of fused-ring (bicyclic) bond motifs is 2. The Bertz CT molecular complexity index is 2020. The number of furan rings is 1. The van der Waals surface area contributed by atoms with Crippen molar-refractivity contribution in [3.8, 4) is 23.3 Å². The zero-order valence-corrected chi connectivity index (χ0v) is 25.5. The van der Waals surface area contributed by atoms with E-state index in [4.69, 9.17) is 47.6 Å². The number of esters is 1. The molecule has 0 fully saturated rings. The molecule has 0 saturated carbocycles. The van der Waals surface area contributed by atoms with Crippen LogP contribution in [-0.4, -0.2) is 5.97 Å². The van der Waals surface area contributed by atoms with Crippen molar-refractivity contribution >= 4 is 40.1 Å². The molecule has 0 bridgehead atoms. The molecule has 5 aromatic rings. The summed E-state index contributed by atoms with van der Waals surface area (Å²) in [6.07, 6.45) is 0. The number of rotatable bonds is 6. The van der Waals surface area contributed by atoms with Crippen molar-refractivity contribution in [1.29, 1.82) is 5.26 Å². The van der Waals surface area contributed by atoms with Crippen LogP contribution in [-0.2, 0) is 6.61 Å². The number of carbonyl (C=O) groups is 1. The first kappa shape index (κ1) is 29.2. The Kier molecular flexibility index (Phi) is 7.73. The van der Waals surface area contributed by atoms with Gasteiger partial charge >= 0.3 is 5.97 Å². The summed E-state index contributed by atoms with van der Waals surface area (Å²) < 4.78 is 23.3. The SMILES string of the molecule is Cc1cc2oc(C(=O)Oc3ccc4c(c3)OC(N)=C(C#N)C4c3ccc(OCc4ccc(Cl)cc4Cl)cc3)c(C)c2cc1C. The molecule has 1 atom stereocenters. The molecule has 0 radical (unpaired) electrons. The van der Waals surface area contributed by atoms with E-state index in [0.717, 1.165) is 27.6 Å². The average Bonchev–Trinajstić information content (AvgIpc) is 3.31. The van der Waals surface area contributed by atoms with Gasteiger partial charge in [0.15, 0.2) is 0 Å². The Balaban J connectivity index is 1.24. The molecular formula is C35H26Cl2N2O5. The second kappa shape index (κ2) is 11.6. The highest BCUT2D eigenvalue weighted by Crippen LogP contribution is 2.44. The quantitative estimate of drug-likeness (QED) is 0.149. The van der Waals surface area contributed by atoms with Gasteiger partial charge in [-0.2, -0.15) is 5.26 Å².